The smallest absolute Gasteiger partial charge is 0.248 e. The first-order valence-corrected chi connectivity index (χ1v) is 7.63. The molecule has 0 radical (unpaired) electrons. The summed E-state index contributed by atoms with van der Waals surface area (Å²) in [5.41, 5.74) is 15.2. The SMILES string of the molecule is COc1cc2c(cc1-c1ccc(C(N)=O)cc1)N=C(N)CC(C=O)=C2. The van der Waals surface area contributed by atoms with Gasteiger partial charge < -0.3 is 16.2 Å². The van der Waals surface area contributed by atoms with E-state index in [0.717, 1.165) is 23.0 Å². The molecule has 0 fully saturated rings. The predicted molar refractivity (Wildman–Crippen MR) is 96.9 cm³/mol. The third kappa shape index (κ3) is 3.28. The van der Waals surface area contributed by atoms with Crippen molar-refractivity contribution < 1.29 is 14.3 Å². The van der Waals surface area contributed by atoms with Gasteiger partial charge in [0.25, 0.3) is 0 Å². The van der Waals surface area contributed by atoms with E-state index in [2.05, 4.69) is 4.99 Å². The number of carbonyl (C=O) groups is 2. The van der Waals surface area contributed by atoms with Crippen LogP contribution < -0.4 is 16.2 Å². The van der Waals surface area contributed by atoms with Crippen LogP contribution in [0.25, 0.3) is 17.2 Å². The second kappa shape index (κ2) is 6.60. The first-order chi connectivity index (χ1) is 12.0. The van der Waals surface area contributed by atoms with Crippen LogP contribution in [0.4, 0.5) is 5.69 Å². The van der Waals surface area contributed by atoms with Crippen molar-refractivity contribution in [2.45, 2.75) is 6.42 Å². The molecule has 0 aromatic heterocycles. The van der Waals surface area contributed by atoms with Crippen LogP contribution in [0.3, 0.4) is 0 Å². The fraction of sp³-hybridized carbons (Fsp3) is 0.105. The van der Waals surface area contributed by atoms with Gasteiger partial charge >= 0.3 is 0 Å². The van der Waals surface area contributed by atoms with Gasteiger partial charge in [0.05, 0.1) is 12.8 Å². The number of primary amides is 1. The van der Waals surface area contributed by atoms with Gasteiger partial charge in [-0.05, 0) is 35.9 Å². The van der Waals surface area contributed by atoms with E-state index in [1.807, 2.05) is 12.1 Å². The number of ether oxygens (including phenoxy) is 1. The lowest BCUT2D eigenvalue weighted by Gasteiger charge is -2.12. The molecule has 25 heavy (non-hydrogen) atoms. The third-order valence-electron chi connectivity index (χ3n) is 3.97. The Morgan fingerprint density at radius 3 is 2.56 bits per heavy atom. The van der Waals surface area contributed by atoms with Crippen molar-refractivity contribution in [2.75, 3.05) is 7.11 Å². The maximum Gasteiger partial charge on any atom is 0.248 e. The highest BCUT2D eigenvalue weighted by molar-refractivity contribution is 5.98. The van der Waals surface area contributed by atoms with Gasteiger partial charge in [0.15, 0.2) is 0 Å². The number of amides is 1. The van der Waals surface area contributed by atoms with E-state index in [4.69, 9.17) is 16.2 Å². The zero-order valence-corrected chi connectivity index (χ0v) is 13.7. The number of aldehydes is 1. The highest BCUT2D eigenvalue weighted by atomic mass is 16.5. The van der Waals surface area contributed by atoms with Crippen LogP contribution in [0.15, 0.2) is 47.0 Å². The van der Waals surface area contributed by atoms with Gasteiger partial charge in [0.1, 0.15) is 17.9 Å². The van der Waals surface area contributed by atoms with Gasteiger partial charge in [-0.15, -0.1) is 0 Å². The monoisotopic (exact) mass is 335 g/mol. The Morgan fingerprint density at radius 2 is 1.96 bits per heavy atom. The molecular formula is C19H17N3O3. The maximum atomic E-state index is 11.2. The van der Waals surface area contributed by atoms with Crippen molar-refractivity contribution >= 4 is 29.8 Å². The van der Waals surface area contributed by atoms with Crippen LogP contribution >= 0.6 is 0 Å². The number of hydrogen-bond donors (Lipinski definition) is 2. The molecule has 1 heterocycles. The molecule has 126 valence electrons. The molecule has 0 saturated carbocycles. The lowest BCUT2D eigenvalue weighted by molar-refractivity contribution is -0.104. The molecule has 0 unspecified atom stereocenters. The predicted octanol–water partition coefficient (Wildman–Crippen LogP) is 2.44. The number of nitrogens with two attached hydrogens (primary N) is 2. The second-order valence-corrected chi connectivity index (χ2v) is 5.67. The van der Waals surface area contributed by atoms with Gasteiger partial charge in [0, 0.05) is 28.7 Å². The zero-order valence-electron chi connectivity index (χ0n) is 13.7. The van der Waals surface area contributed by atoms with E-state index < -0.39 is 5.91 Å². The molecule has 4 N–H and O–H groups in total. The van der Waals surface area contributed by atoms with Crippen molar-refractivity contribution in [3.63, 3.8) is 0 Å². The summed E-state index contributed by atoms with van der Waals surface area (Å²) in [4.78, 5) is 26.8. The first-order valence-electron chi connectivity index (χ1n) is 7.63. The molecule has 1 aliphatic heterocycles. The van der Waals surface area contributed by atoms with Crippen LogP contribution in [0.2, 0.25) is 0 Å². The minimum atomic E-state index is -0.482. The standard InChI is InChI=1S/C19H17N3O3/c1-25-17-8-14-6-11(10-23)7-18(20)22-16(14)9-15(17)12-2-4-13(5-3-12)19(21)24/h2-6,8-10H,7H2,1H3,(H2,20,22)(H2,21,24). The molecule has 2 aromatic rings. The van der Waals surface area contributed by atoms with Crippen LogP contribution in [0, 0.1) is 0 Å². The quantitative estimate of drug-likeness (QED) is 0.837. The van der Waals surface area contributed by atoms with Crippen LogP contribution in [-0.4, -0.2) is 25.1 Å². The molecular weight excluding hydrogens is 318 g/mol. The number of hydrogen-bond acceptors (Lipinski definition) is 5. The zero-order chi connectivity index (χ0) is 18.0. The normalized spacial score (nSPS) is 13.2. The molecule has 1 aliphatic rings. The molecule has 1 amide bonds. The van der Waals surface area contributed by atoms with Crippen molar-refractivity contribution in [3.05, 3.63) is 53.1 Å². The van der Waals surface area contributed by atoms with Gasteiger partial charge in [0.2, 0.25) is 5.91 Å². The molecule has 0 atom stereocenters. The number of amidine groups is 1. The number of aliphatic imine (C=N–C) groups is 1. The van der Waals surface area contributed by atoms with Crippen LogP contribution in [0.1, 0.15) is 22.3 Å². The third-order valence-corrected chi connectivity index (χ3v) is 3.97. The fourth-order valence-electron chi connectivity index (χ4n) is 2.73. The van der Waals surface area contributed by atoms with Gasteiger partial charge in [-0.3, -0.25) is 9.59 Å². The molecule has 0 bridgehead atoms. The van der Waals surface area contributed by atoms with Gasteiger partial charge in [-0.25, -0.2) is 4.99 Å². The molecule has 6 heteroatoms. The largest absolute Gasteiger partial charge is 0.496 e. The summed E-state index contributed by atoms with van der Waals surface area (Å²) < 4.78 is 5.49. The average molecular weight is 335 g/mol. The van der Waals surface area contributed by atoms with E-state index in [-0.39, 0.29) is 0 Å². The minimum Gasteiger partial charge on any atom is -0.496 e. The Balaban J connectivity index is 2.16. The highest BCUT2D eigenvalue weighted by Crippen LogP contribution is 2.38. The van der Waals surface area contributed by atoms with E-state index in [1.54, 1.807) is 37.5 Å². The maximum absolute atomic E-state index is 11.2. The lowest BCUT2D eigenvalue weighted by atomic mass is 9.99. The topological polar surface area (TPSA) is 108 Å². The number of nitrogens with zero attached hydrogens (tertiary/aromatic N) is 1. The van der Waals surface area contributed by atoms with Gasteiger partial charge in [-0.2, -0.15) is 0 Å². The number of carbonyl (C=O) groups excluding carboxylic acids is 2. The van der Waals surface area contributed by atoms with Crippen molar-refractivity contribution in [1.29, 1.82) is 0 Å². The van der Waals surface area contributed by atoms with Crippen LogP contribution in [0.5, 0.6) is 5.75 Å². The summed E-state index contributed by atoms with van der Waals surface area (Å²) in [6, 6.07) is 10.6. The molecule has 0 aliphatic carbocycles. The Hall–Kier alpha value is -3.41. The molecule has 2 aromatic carbocycles. The summed E-state index contributed by atoms with van der Waals surface area (Å²) in [6.07, 6.45) is 2.84. The number of methoxy groups -OCH3 is 1. The summed E-state index contributed by atoms with van der Waals surface area (Å²) in [5.74, 6) is 0.518. The molecule has 6 nitrogen and oxygen atoms in total. The summed E-state index contributed by atoms with van der Waals surface area (Å²) in [6.45, 7) is 0. The minimum absolute atomic E-state index is 0.309. The molecule has 0 spiro atoms. The lowest BCUT2D eigenvalue weighted by Crippen LogP contribution is -2.11. The Labute approximate surface area is 144 Å². The number of benzene rings is 2. The summed E-state index contributed by atoms with van der Waals surface area (Å²) in [7, 11) is 1.57. The number of fused-ring (bicyclic) bond motifs is 1. The Bertz CT molecular complexity index is 912. The molecule has 0 saturated heterocycles. The fourth-order valence-corrected chi connectivity index (χ4v) is 2.73. The summed E-state index contributed by atoms with van der Waals surface area (Å²) in [5, 5.41) is 0. The van der Waals surface area contributed by atoms with E-state index in [9.17, 15) is 9.59 Å². The molecule has 3 rings (SSSR count). The van der Waals surface area contributed by atoms with E-state index in [1.165, 1.54) is 0 Å². The summed E-state index contributed by atoms with van der Waals surface area (Å²) >= 11 is 0. The first kappa shape index (κ1) is 16.4. The van der Waals surface area contributed by atoms with Crippen molar-refractivity contribution in [3.8, 4) is 16.9 Å². The average Bonchev–Trinajstić information content (AvgIpc) is 2.77. The van der Waals surface area contributed by atoms with Gasteiger partial charge in [-0.1, -0.05) is 12.1 Å². The Morgan fingerprint density at radius 1 is 1.24 bits per heavy atom. The van der Waals surface area contributed by atoms with Crippen molar-refractivity contribution in [1.82, 2.24) is 0 Å². The number of rotatable bonds is 4. The van der Waals surface area contributed by atoms with Crippen molar-refractivity contribution in [2.24, 2.45) is 16.5 Å². The second-order valence-electron chi connectivity index (χ2n) is 5.67. The van der Waals surface area contributed by atoms with E-state index in [0.29, 0.717) is 34.8 Å². The highest BCUT2D eigenvalue weighted by Gasteiger charge is 2.15. The van der Waals surface area contributed by atoms with E-state index >= 15 is 0 Å². The van der Waals surface area contributed by atoms with Crippen LogP contribution in [-0.2, 0) is 4.79 Å². The Kier molecular flexibility index (Phi) is 4.35.